The molecule has 1 aromatic heterocycles. The Labute approximate surface area is 136 Å². The lowest BCUT2D eigenvalue weighted by Gasteiger charge is -2.06. The molecule has 1 rings (SSSR count). The zero-order chi connectivity index (χ0) is 17.2. The summed E-state index contributed by atoms with van der Waals surface area (Å²) >= 11 is 0. The van der Waals surface area contributed by atoms with Gasteiger partial charge in [0.15, 0.2) is 0 Å². The fourth-order valence-corrected chi connectivity index (χ4v) is 2.36. The molecular formula is C16H24N4O3. The number of rotatable bonds is 9. The summed E-state index contributed by atoms with van der Waals surface area (Å²) in [4.78, 5) is 22.8. The molecule has 0 unspecified atom stereocenters. The van der Waals surface area contributed by atoms with Gasteiger partial charge in [0.25, 0.3) is 0 Å². The fraction of sp³-hybridized carbons (Fsp3) is 0.625. The van der Waals surface area contributed by atoms with E-state index >= 15 is 0 Å². The van der Waals surface area contributed by atoms with Crippen LogP contribution in [0, 0.1) is 25.2 Å². The number of esters is 1. The lowest BCUT2D eigenvalue weighted by Crippen LogP contribution is -2.25. The first-order valence-corrected chi connectivity index (χ1v) is 7.73. The normalized spacial score (nSPS) is 10.2. The highest BCUT2D eigenvalue weighted by Crippen LogP contribution is 2.15. The van der Waals surface area contributed by atoms with Gasteiger partial charge in [-0.15, -0.1) is 0 Å². The number of aryl methyl sites for hydroxylation is 2. The van der Waals surface area contributed by atoms with Gasteiger partial charge in [-0.2, -0.15) is 10.4 Å². The molecule has 0 spiro atoms. The zero-order valence-corrected chi connectivity index (χ0v) is 14.0. The Morgan fingerprint density at radius 1 is 1.35 bits per heavy atom. The predicted molar refractivity (Wildman–Crippen MR) is 84.5 cm³/mol. The summed E-state index contributed by atoms with van der Waals surface area (Å²) in [6, 6.07) is 2.11. The molecule has 0 saturated carbocycles. The zero-order valence-electron chi connectivity index (χ0n) is 14.0. The molecular weight excluding hydrogens is 296 g/mol. The average Bonchev–Trinajstić information content (AvgIpc) is 2.81. The summed E-state index contributed by atoms with van der Waals surface area (Å²) in [7, 11) is 1.35. The first kappa shape index (κ1) is 18.7. The third-order valence-corrected chi connectivity index (χ3v) is 3.68. The molecule has 23 heavy (non-hydrogen) atoms. The van der Waals surface area contributed by atoms with Gasteiger partial charge in [-0.05, 0) is 32.3 Å². The number of methoxy groups -OCH3 is 1. The van der Waals surface area contributed by atoms with Gasteiger partial charge in [0.2, 0.25) is 5.91 Å². The average molecular weight is 320 g/mol. The molecule has 1 heterocycles. The van der Waals surface area contributed by atoms with Crippen molar-refractivity contribution in [1.29, 1.82) is 5.26 Å². The molecule has 1 N–H and O–H groups in total. The first-order valence-electron chi connectivity index (χ1n) is 7.73. The van der Waals surface area contributed by atoms with Crippen LogP contribution in [0.25, 0.3) is 0 Å². The Bertz CT molecular complexity index is 587. The van der Waals surface area contributed by atoms with Gasteiger partial charge in [0.1, 0.15) is 0 Å². The summed E-state index contributed by atoms with van der Waals surface area (Å²) in [5.74, 6) is -0.311. The number of hydrogen-bond acceptors (Lipinski definition) is 5. The maximum Gasteiger partial charge on any atom is 0.305 e. The Morgan fingerprint density at radius 2 is 2.09 bits per heavy atom. The molecule has 0 aliphatic heterocycles. The maximum atomic E-state index is 11.8. The quantitative estimate of drug-likeness (QED) is 0.548. The Morgan fingerprint density at radius 3 is 2.74 bits per heavy atom. The van der Waals surface area contributed by atoms with Crippen molar-refractivity contribution >= 4 is 11.9 Å². The molecule has 1 aromatic rings. The van der Waals surface area contributed by atoms with Crippen molar-refractivity contribution in [1.82, 2.24) is 15.1 Å². The number of amides is 1. The van der Waals surface area contributed by atoms with Crippen LogP contribution in [-0.2, 0) is 27.3 Å². The minimum absolute atomic E-state index is 0.0431. The Hall–Kier alpha value is -2.36. The molecule has 0 aromatic carbocycles. The second-order valence-electron chi connectivity index (χ2n) is 5.31. The van der Waals surface area contributed by atoms with E-state index in [-0.39, 0.29) is 11.9 Å². The Balaban J connectivity index is 2.40. The van der Waals surface area contributed by atoms with Crippen LogP contribution >= 0.6 is 0 Å². The molecule has 0 fully saturated rings. The van der Waals surface area contributed by atoms with Crippen molar-refractivity contribution in [2.24, 2.45) is 0 Å². The number of ether oxygens (including phenoxy) is 1. The molecule has 1 amide bonds. The van der Waals surface area contributed by atoms with Gasteiger partial charge in [0.05, 0.1) is 31.8 Å². The van der Waals surface area contributed by atoms with E-state index in [2.05, 4.69) is 21.2 Å². The number of carbonyl (C=O) groups is 2. The highest BCUT2D eigenvalue weighted by Gasteiger charge is 2.13. The predicted octanol–water partition coefficient (Wildman–Crippen LogP) is 1.42. The van der Waals surface area contributed by atoms with Gasteiger partial charge in [-0.1, -0.05) is 0 Å². The van der Waals surface area contributed by atoms with Crippen LogP contribution in [0.15, 0.2) is 0 Å². The number of nitrogens with one attached hydrogen (secondary N) is 1. The summed E-state index contributed by atoms with van der Waals surface area (Å²) < 4.78 is 6.36. The van der Waals surface area contributed by atoms with Crippen LogP contribution in [0.4, 0.5) is 0 Å². The summed E-state index contributed by atoms with van der Waals surface area (Å²) in [5, 5.41) is 15.9. The topological polar surface area (TPSA) is 97.0 Å². The minimum atomic E-state index is -0.268. The molecule has 126 valence electrons. The molecule has 7 nitrogen and oxygen atoms in total. The first-order chi connectivity index (χ1) is 11.0. The third-order valence-electron chi connectivity index (χ3n) is 3.68. The smallest absolute Gasteiger partial charge is 0.305 e. The molecule has 0 radical (unpaired) electrons. The van der Waals surface area contributed by atoms with E-state index < -0.39 is 0 Å². The van der Waals surface area contributed by atoms with E-state index in [9.17, 15) is 9.59 Å². The molecule has 0 aliphatic rings. The van der Waals surface area contributed by atoms with E-state index in [1.165, 1.54) is 7.11 Å². The third kappa shape index (κ3) is 6.10. The van der Waals surface area contributed by atoms with Crippen LogP contribution < -0.4 is 5.32 Å². The van der Waals surface area contributed by atoms with E-state index in [1.54, 1.807) is 0 Å². The van der Waals surface area contributed by atoms with Crippen molar-refractivity contribution in [2.45, 2.75) is 52.5 Å². The molecule has 0 saturated heterocycles. The van der Waals surface area contributed by atoms with Crippen molar-refractivity contribution < 1.29 is 14.3 Å². The van der Waals surface area contributed by atoms with Crippen LogP contribution in [0.5, 0.6) is 0 Å². The summed E-state index contributed by atoms with van der Waals surface area (Å²) in [5.41, 5.74) is 2.97. The molecule has 0 aliphatic carbocycles. The van der Waals surface area contributed by atoms with Crippen molar-refractivity contribution in [3.63, 3.8) is 0 Å². The molecule has 0 bridgehead atoms. The van der Waals surface area contributed by atoms with Crippen LogP contribution in [0.3, 0.4) is 0 Å². The molecule has 0 atom stereocenters. The number of nitrogens with zero attached hydrogens (tertiary/aromatic N) is 3. The Kier molecular flexibility index (Phi) is 7.81. The number of carbonyl (C=O) groups excluding carboxylic acids is 2. The lowest BCUT2D eigenvalue weighted by molar-refractivity contribution is -0.140. The van der Waals surface area contributed by atoms with Crippen molar-refractivity contribution in [3.05, 3.63) is 17.0 Å². The monoisotopic (exact) mass is 320 g/mol. The van der Waals surface area contributed by atoms with Gasteiger partial charge < -0.3 is 10.1 Å². The van der Waals surface area contributed by atoms with Gasteiger partial charge >= 0.3 is 5.97 Å². The fourth-order valence-electron chi connectivity index (χ4n) is 2.36. The highest BCUT2D eigenvalue weighted by atomic mass is 16.5. The van der Waals surface area contributed by atoms with Gasteiger partial charge in [-0.25, -0.2) is 0 Å². The SMILES string of the molecule is COC(=O)CCCNC(=O)CCc1c(C)nn(CCC#N)c1C. The lowest BCUT2D eigenvalue weighted by atomic mass is 10.1. The summed E-state index contributed by atoms with van der Waals surface area (Å²) in [6.07, 6.45) is 2.29. The highest BCUT2D eigenvalue weighted by molar-refractivity contribution is 5.76. The van der Waals surface area contributed by atoms with Crippen LogP contribution in [0.1, 0.15) is 42.6 Å². The largest absolute Gasteiger partial charge is 0.469 e. The van der Waals surface area contributed by atoms with E-state index in [4.69, 9.17) is 5.26 Å². The second kappa shape index (κ2) is 9.62. The molecule has 7 heteroatoms. The van der Waals surface area contributed by atoms with Gasteiger partial charge in [-0.3, -0.25) is 14.3 Å². The van der Waals surface area contributed by atoms with E-state index in [0.29, 0.717) is 45.2 Å². The van der Waals surface area contributed by atoms with E-state index in [0.717, 1.165) is 17.0 Å². The second-order valence-corrected chi connectivity index (χ2v) is 5.31. The number of aromatic nitrogens is 2. The van der Waals surface area contributed by atoms with E-state index in [1.807, 2.05) is 18.5 Å². The maximum absolute atomic E-state index is 11.8. The van der Waals surface area contributed by atoms with Crippen LogP contribution in [-0.4, -0.2) is 35.3 Å². The van der Waals surface area contributed by atoms with Gasteiger partial charge in [0, 0.05) is 25.1 Å². The number of nitriles is 1. The van der Waals surface area contributed by atoms with Crippen LogP contribution in [0.2, 0.25) is 0 Å². The number of hydrogen-bond donors (Lipinski definition) is 1. The van der Waals surface area contributed by atoms with Crippen molar-refractivity contribution in [2.75, 3.05) is 13.7 Å². The summed E-state index contributed by atoms with van der Waals surface area (Å²) in [6.45, 7) is 4.91. The van der Waals surface area contributed by atoms with Crippen molar-refractivity contribution in [3.8, 4) is 6.07 Å². The standard InChI is InChI=1S/C16H24N4O3/c1-12-14(13(2)20(19-12)11-5-9-17)7-8-15(21)18-10-4-6-16(22)23-3/h4-8,10-11H2,1-3H3,(H,18,21). The minimum Gasteiger partial charge on any atom is -0.469 e.